The van der Waals surface area contributed by atoms with Crippen LogP contribution in [0.4, 0.5) is 5.82 Å². The second-order valence-electron chi connectivity index (χ2n) is 4.12. The number of benzene rings is 1. The van der Waals surface area contributed by atoms with Crippen LogP contribution < -0.4 is 5.73 Å². The normalized spacial score (nSPS) is 12.4. The number of hydrogen-bond acceptors (Lipinski definition) is 4. The molecular weight excluding hydrogens is 294 g/mol. The molecule has 5 heteroatoms. The van der Waals surface area contributed by atoms with Gasteiger partial charge in [0.2, 0.25) is 0 Å². The summed E-state index contributed by atoms with van der Waals surface area (Å²) in [5, 5.41) is 10.3. The van der Waals surface area contributed by atoms with Gasteiger partial charge in [-0.05, 0) is 31.5 Å². The number of aromatic nitrogens is 2. The van der Waals surface area contributed by atoms with E-state index in [-0.39, 0.29) is 5.82 Å². The molecule has 0 aliphatic heterocycles. The van der Waals surface area contributed by atoms with E-state index in [2.05, 4.69) is 25.9 Å². The van der Waals surface area contributed by atoms with E-state index in [9.17, 15) is 5.11 Å². The first-order valence-electron chi connectivity index (χ1n) is 5.53. The number of halogens is 1. The average molecular weight is 308 g/mol. The second kappa shape index (κ2) is 5.04. The van der Waals surface area contributed by atoms with Crippen molar-refractivity contribution in [3.05, 3.63) is 51.4 Å². The Morgan fingerprint density at radius 3 is 2.28 bits per heavy atom. The van der Waals surface area contributed by atoms with Crippen LogP contribution in [-0.2, 0) is 0 Å². The fourth-order valence-electron chi connectivity index (χ4n) is 1.64. The lowest BCUT2D eigenvalue weighted by atomic mass is 10.1. The fourth-order valence-corrected chi connectivity index (χ4v) is 1.91. The lowest BCUT2D eigenvalue weighted by Crippen LogP contribution is -2.10. The number of nitrogens with two attached hydrogens (primary N) is 1. The maximum absolute atomic E-state index is 10.3. The van der Waals surface area contributed by atoms with Gasteiger partial charge in [0.05, 0.1) is 11.4 Å². The van der Waals surface area contributed by atoms with Crippen LogP contribution in [0.25, 0.3) is 0 Å². The molecular formula is C13H14BrN3O. The first-order chi connectivity index (χ1) is 8.49. The van der Waals surface area contributed by atoms with Gasteiger partial charge >= 0.3 is 0 Å². The van der Waals surface area contributed by atoms with Gasteiger partial charge in [0, 0.05) is 4.47 Å². The zero-order chi connectivity index (χ0) is 13.3. The minimum atomic E-state index is -0.857. The Balaban J connectivity index is 2.42. The molecule has 0 fully saturated rings. The van der Waals surface area contributed by atoms with Crippen LogP contribution in [0.15, 0.2) is 28.7 Å². The van der Waals surface area contributed by atoms with Crippen LogP contribution in [-0.4, -0.2) is 15.1 Å². The summed E-state index contributed by atoms with van der Waals surface area (Å²) < 4.78 is 0.956. The summed E-state index contributed by atoms with van der Waals surface area (Å²) in [5.74, 6) is 0.272. The van der Waals surface area contributed by atoms with E-state index in [1.807, 2.05) is 38.1 Å². The molecule has 1 unspecified atom stereocenters. The maximum Gasteiger partial charge on any atom is 0.148 e. The molecule has 2 rings (SSSR count). The Kier molecular flexibility index (Phi) is 3.63. The molecule has 0 bridgehead atoms. The summed E-state index contributed by atoms with van der Waals surface area (Å²) in [6.45, 7) is 3.69. The fraction of sp³-hybridized carbons (Fsp3) is 0.231. The molecule has 1 heterocycles. The molecule has 0 spiro atoms. The Morgan fingerprint density at radius 1 is 1.11 bits per heavy atom. The predicted molar refractivity (Wildman–Crippen MR) is 74.1 cm³/mol. The highest BCUT2D eigenvalue weighted by Gasteiger charge is 2.17. The second-order valence-corrected chi connectivity index (χ2v) is 5.03. The largest absolute Gasteiger partial charge is 0.382 e. The zero-order valence-electron chi connectivity index (χ0n) is 10.2. The molecule has 1 aromatic carbocycles. The minimum absolute atomic E-state index is 0.272. The van der Waals surface area contributed by atoms with Gasteiger partial charge in [0.15, 0.2) is 0 Å². The molecule has 2 aromatic rings. The van der Waals surface area contributed by atoms with Crippen molar-refractivity contribution in [2.45, 2.75) is 20.0 Å². The zero-order valence-corrected chi connectivity index (χ0v) is 11.8. The Hall–Kier alpha value is -1.46. The molecule has 0 aliphatic carbocycles. The molecule has 1 aromatic heterocycles. The average Bonchev–Trinajstić information content (AvgIpc) is 2.34. The molecule has 3 N–H and O–H groups in total. The molecule has 4 nitrogen and oxygen atoms in total. The summed E-state index contributed by atoms with van der Waals surface area (Å²) in [7, 11) is 0. The lowest BCUT2D eigenvalue weighted by Gasteiger charge is -2.14. The van der Waals surface area contributed by atoms with Gasteiger partial charge < -0.3 is 10.8 Å². The Bertz CT molecular complexity index is 569. The third-order valence-corrected chi connectivity index (χ3v) is 3.34. The molecule has 94 valence electrons. The van der Waals surface area contributed by atoms with Crippen LogP contribution >= 0.6 is 15.9 Å². The third-order valence-electron chi connectivity index (χ3n) is 2.81. The van der Waals surface area contributed by atoms with E-state index in [0.29, 0.717) is 5.69 Å². The smallest absolute Gasteiger partial charge is 0.148 e. The summed E-state index contributed by atoms with van der Waals surface area (Å²) in [4.78, 5) is 8.51. The van der Waals surface area contributed by atoms with Crippen molar-refractivity contribution in [3.8, 4) is 0 Å². The third kappa shape index (κ3) is 2.52. The van der Waals surface area contributed by atoms with Crippen LogP contribution in [0.2, 0.25) is 0 Å². The van der Waals surface area contributed by atoms with Gasteiger partial charge in [-0.1, -0.05) is 28.1 Å². The minimum Gasteiger partial charge on any atom is -0.382 e. The summed E-state index contributed by atoms with van der Waals surface area (Å²) in [5.41, 5.74) is 8.51. The van der Waals surface area contributed by atoms with Crippen molar-refractivity contribution >= 4 is 21.7 Å². The van der Waals surface area contributed by atoms with E-state index in [1.54, 1.807) is 0 Å². The van der Waals surface area contributed by atoms with Crippen molar-refractivity contribution in [3.63, 3.8) is 0 Å². The van der Waals surface area contributed by atoms with Crippen LogP contribution in [0.3, 0.4) is 0 Å². The number of aliphatic hydroxyl groups excluding tert-OH is 1. The van der Waals surface area contributed by atoms with Gasteiger partial charge in [-0.25, -0.2) is 9.97 Å². The number of hydrogen-bond donors (Lipinski definition) is 2. The van der Waals surface area contributed by atoms with Gasteiger partial charge in [-0.15, -0.1) is 0 Å². The highest BCUT2D eigenvalue weighted by molar-refractivity contribution is 9.10. The number of nitrogen functional groups attached to an aromatic ring is 1. The standard InChI is InChI=1S/C13H14BrN3O/c1-7-8(2)17-13(15)11(16-7)12(18)9-3-5-10(14)6-4-9/h3-6,12,18H,1-2H3,(H2,15,17). The van der Waals surface area contributed by atoms with Crippen molar-refractivity contribution in [2.24, 2.45) is 0 Å². The predicted octanol–water partition coefficient (Wildman–Crippen LogP) is 2.52. The molecule has 0 saturated carbocycles. The van der Waals surface area contributed by atoms with Gasteiger partial charge in [0.1, 0.15) is 17.6 Å². The van der Waals surface area contributed by atoms with Crippen LogP contribution in [0.5, 0.6) is 0 Å². The van der Waals surface area contributed by atoms with E-state index in [1.165, 1.54) is 0 Å². The first-order valence-corrected chi connectivity index (χ1v) is 6.32. The van der Waals surface area contributed by atoms with E-state index >= 15 is 0 Å². The summed E-state index contributed by atoms with van der Waals surface area (Å²) >= 11 is 3.35. The topological polar surface area (TPSA) is 72.0 Å². The van der Waals surface area contributed by atoms with E-state index in [0.717, 1.165) is 21.4 Å². The number of rotatable bonds is 2. The lowest BCUT2D eigenvalue weighted by molar-refractivity contribution is 0.215. The number of aliphatic hydroxyl groups is 1. The monoisotopic (exact) mass is 307 g/mol. The van der Waals surface area contributed by atoms with Crippen molar-refractivity contribution < 1.29 is 5.11 Å². The Morgan fingerprint density at radius 2 is 1.67 bits per heavy atom. The molecule has 0 amide bonds. The molecule has 0 saturated heterocycles. The highest BCUT2D eigenvalue weighted by Crippen LogP contribution is 2.25. The van der Waals surface area contributed by atoms with Crippen molar-refractivity contribution in [1.29, 1.82) is 0 Å². The van der Waals surface area contributed by atoms with E-state index < -0.39 is 6.10 Å². The first kappa shape index (κ1) is 13.0. The van der Waals surface area contributed by atoms with E-state index in [4.69, 9.17) is 5.73 Å². The summed E-state index contributed by atoms with van der Waals surface area (Å²) in [6, 6.07) is 7.38. The SMILES string of the molecule is Cc1nc(N)c(C(O)c2ccc(Br)cc2)nc1C. The van der Waals surface area contributed by atoms with Gasteiger partial charge in [-0.2, -0.15) is 0 Å². The molecule has 0 radical (unpaired) electrons. The van der Waals surface area contributed by atoms with Crippen molar-refractivity contribution in [2.75, 3.05) is 5.73 Å². The number of aryl methyl sites for hydroxylation is 2. The van der Waals surface area contributed by atoms with Gasteiger partial charge in [-0.3, -0.25) is 0 Å². The number of anilines is 1. The van der Waals surface area contributed by atoms with Crippen molar-refractivity contribution in [1.82, 2.24) is 9.97 Å². The van der Waals surface area contributed by atoms with Crippen LogP contribution in [0, 0.1) is 13.8 Å². The maximum atomic E-state index is 10.3. The highest BCUT2D eigenvalue weighted by atomic mass is 79.9. The molecule has 0 aliphatic rings. The number of nitrogens with zero attached hydrogens (tertiary/aromatic N) is 2. The molecule has 18 heavy (non-hydrogen) atoms. The van der Waals surface area contributed by atoms with Crippen LogP contribution in [0.1, 0.15) is 28.7 Å². The Labute approximate surface area is 114 Å². The molecule has 1 atom stereocenters. The summed E-state index contributed by atoms with van der Waals surface area (Å²) in [6.07, 6.45) is -0.857. The quantitative estimate of drug-likeness (QED) is 0.894. The van der Waals surface area contributed by atoms with Gasteiger partial charge in [0.25, 0.3) is 0 Å².